The molecule has 1 aliphatic rings. The zero-order valence-corrected chi connectivity index (χ0v) is 21.0. The van der Waals surface area contributed by atoms with Gasteiger partial charge in [0.1, 0.15) is 5.82 Å². The summed E-state index contributed by atoms with van der Waals surface area (Å²) in [6, 6.07) is 16.6. The van der Waals surface area contributed by atoms with Gasteiger partial charge in [-0.25, -0.2) is 4.68 Å². The van der Waals surface area contributed by atoms with Gasteiger partial charge in [0.15, 0.2) is 5.78 Å². The number of Topliss-reactive ketones (excluding diaryl/α,β-unsaturated/α-hetero) is 1. The van der Waals surface area contributed by atoms with Gasteiger partial charge >= 0.3 is 0 Å². The fraction of sp³-hybridized carbons (Fsp3) is 0.429. The van der Waals surface area contributed by atoms with Crippen molar-refractivity contribution in [3.05, 3.63) is 82.0 Å². The highest BCUT2D eigenvalue weighted by atomic mass is 35.5. The molecule has 0 saturated heterocycles. The maximum absolute atomic E-state index is 13.8. The third-order valence-electron chi connectivity index (χ3n) is 7.53. The van der Waals surface area contributed by atoms with Crippen molar-refractivity contribution in [1.29, 1.82) is 0 Å². The Kier molecular flexibility index (Phi) is 6.41. The molecule has 1 N–H and O–H groups in total. The molecule has 1 aliphatic heterocycles. The fourth-order valence-electron chi connectivity index (χ4n) is 5.33. The highest BCUT2D eigenvalue weighted by Crippen LogP contribution is 2.42. The van der Waals surface area contributed by atoms with E-state index in [1.165, 1.54) is 11.1 Å². The van der Waals surface area contributed by atoms with Crippen LogP contribution in [0.1, 0.15) is 86.5 Å². The van der Waals surface area contributed by atoms with E-state index in [1.54, 1.807) is 6.20 Å². The molecule has 2 aromatic carbocycles. The summed E-state index contributed by atoms with van der Waals surface area (Å²) in [5.41, 5.74) is 3.95. The summed E-state index contributed by atoms with van der Waals surface area (Å²) in [6.45, 7) is 10.9. The summed E-state index contributed by atoms with van der Waals surface area (Å²) in [4.78, 5) is 13.8. The van der Waals surface area contributed by atoms with Gasteiger partial charge in [-0.1, -0.05) is 61.8 Å². The van der Waals surface area contributed by atoms with E-state index in [0.717, 1.165) is 30.6 Å². The standard InChI is InChI=1S/C28H34ClN3O/c1-6-28(7-2,20-12-14-21(29)15-13-20)17-25(33)23-18-30-32-26(23)31-24(16-27(32,4)5)22-11-9-8-10-19(22)3/h8-15,18,24,31H,6-7,16-17H2,1-5H3. The third kappa shape index (κ3) is 4.33. The first kappa shape index (κ1) is 23.6. The summed E-state index contributed by atoms with van der Waals surface area (Å²) < 4.78 is 2.00. The zero-order valence-electron chi connectivity index (χ0n) is 20.3. The number of carbonyl (C=O) groups is 1. The molecule has 174 valence electrons. The summed E-state index contributed by atoms with van der Waals surface area (Å²) in [5, 5.41) is 9.05. The van der Waals surface area contributed by atoms with Crippen molar-refractivity contribution in [1.82, 2.24) is 9.78 Å². The van der Waals surface area contributed by atoms with E-state index in [2.05, 4.69) is 81.4 Å². The van der Waals surface area contributed by atoms with Crippen LogP contribution < -0.4 is 5.32 Å². The number of nitrogens with one attached hydrogen (secondary N) is 1. The maximum atomic E-state index is 13.8. The fourth-order valence-corrected chi connectivity index (χ4v) is 5.46. The average Bonchev–Trinajstić information content (AvgIpc) is 3.23. The molecule has 0 bridgehead atoms. The lowest BCUT2D eigenvalue weighted by atomic mass is 9.71. The SMILES string of the molecule is CCC(CC)(CC(=O)c1cnn2c1NC(c1ccccc1C)CC2(C)C)c1ccc(Cl)cc1. The van der Waals surface area contributed by atoms with Crippen molar-refractivity contribution in [2.75, 3.05) is 5.32 Å². The molecule has 1 aromatic heterocycles. The van der Waals surface area contributed by atoms with Gasteiger partial charge in [-0.2, -0.15) is 5.10 Å². The Balaban J connectivity index is 1.69. The number of fused-ring (bicyclic) bond motifs is 1. The summed E-state index contributed by atoms with van der Waals surface area (Å²) in [7, 11) is 0. The topological polar surface area (TPSA) is 46.9 Å². The van der Waals surface area contributed by atoms with E-state index < -0.39 is 0 Å². The largest absolute Gasteiger partial charge is 0.363 e. The zero-order chi connectivity index (χ0) is 23.8. The van der Waals surface area contributed by atoms with Crippen LogP contribution in [0.5, 0.6) is 0 Å². The van der Waals surface area contributed by atoms with E-state index in [4.69, 9.17) is 11.6 Å². The number of hydrogen-bond donors (Lipinski definition) is 1. The smallest absolute Gasteiger partial charge is 0.169 e. The van der Waals surface area contributed by atoms with Crippen molar-refractivity contribution in [3.8, 4) is 0 Å². The lowest BCUT2D eigenvalue weighted by Crippen LogP contribution is -2.38. The minimum atomic E-state index is -0.226. The number of anilines is 1. The van der Waals surface area contributed by atoms with Crippen LogP contribution in [0.15, 0.2) is 54.7 Å². The van der Waals surface area contributed by atoms with Crippen LogP contribution in [0.3, 0.4) is 0 Å². The highest BCUT2D eigenvalue weighted by molar-refractivity contribution is 6.30. The predicted octanol–water partition coefficient (Wildman–Crippen LogP) is 7.47. The number of aryl methyl sites for hydroxylation is 1. The number of aromatic nitrogens is 2. The Hall–Kier alpha value is -2.59. The molecule has 0 fully saturated rings. The number of halogens is 1. The van der Waals surface area contributed by atoms with Gasteiger partial charge in [-0.05, 0) is 68.9 Å². The molecule has 4 rings (SSSR count). The number of benzene rings is 2. The minimum absolute atomic E-state index is 0.128. The molecule has 1 atom stereocenters. The van der Waals surface area contributed by atoms with Crippen LogP contribution >= 0.6 is 11.6 Å². The van der Waals surface area contributed by atoms with Crippen molar-refractivity contribution in [3.63, 3.8) is 0 Å². The molecule has 1 unspecified atom stereocenters. The van der Waals surface area contributed by atoms with Gasteiger partial charge in [0.05, 0.1) is 23.3 Å². The minimum Gasteiger partial charge on any atom is -0.363 e. The molecule has 33 heavy (non-hydrogen) atoms. The summed E-state index contributed by atoms with van der Waals surface area (Å²) in [5.74, 6) is 0.963. The lowest BCUT2D eigenvalue weighted by Gasteiger charge is -2.39. The number of hydrogen-bond acceptors (Lipinski definition) is 3. The normalized spacial score (nSPS) is 17.3. The van der Waals surface area contributed by atoms with Gasteiger partial charge in [-0.15, -0.1) is 0 Å². The van der Waals surface area contributed by atoms with Crippen molar-refractivity contribution < 1.29 is 4.79 Å². The third-order valence-corrected chi connectivity index (χ3v) is 7.78. The van der Waals surface area contributed by atoms with Gasteiger partial charge < -0.3 is 5.32 Å². The molecule has 0 radical (unpaired) electrons. The van der Waals surface area contributed by atoms with Gasteiger partial charge in [0.25, 0.3) is 0 Å². The number of ketones is 1. The molecule has 2 heterocycles. The van der Waals surface area contributed by atoms with Crippen LogP contribution in [0, 0.1) is 6.92 Å². The molecular formula is C28H34ClN3O. The van der Waals surface area contributed by atoms with Crippen LogP contribution in [-0.4, -0.2) is 15.6 Å². The number of nitrogens with zero attached hydrogens (tertiary/aromatic N) is 2. The highest BCUT2D eigenvalue weighted by Gasteiger charge is 2.39. The first-order valence-electron chi connectivity index (χ1n) is 11.9. The maximum Gasteiger partial charge on any atom is 0.169 e. The quantitative estimate of drug-likeness (QED) is 0.369. The van der Waals surface area contributed by atoms with Crippen LogP contribution in [0.4, 0.5) is 5.82 Å². The van der Waals surface area contributed by atoms with Gasteiger partial charge in [0.2, 0.25) is 0 Å². The second kappa shape index (κ2) is 8.98. The van der Waals surface area contributed by atoms with Crippen molar-refractivity contribution >= 4 is 23.2 Å². The first-order valence-corrected chi connectivity index (χ1v) is 12.3. The second-order valence-corrected chi connectivity index (χ2v) is 10.4. The predicted molar refractivity (Wildman–Crippen MR) is 136 cm³/mol. The molecule has 0 aliphatic carbocycles. The van der Waals surface area contributed by atoms with E-state index in [1.807, 2.05) is 16.8 Å². The number of rotatable bonds is 7. The summed E-state index contributed by atoms with van der Waals surface area (Å²) in [6.07, 6.45) is 4.86. The van der Waals surface area contributed by atoms with Crippen LogP contribution in [0.25, 0.3) is 0 Å². The Morgan fingerprint density at radius 1 is 1.15 bits per heavy atom. The molecule has 0 amide bonds. The van der Waals surface area contributed by atoms with E-state index in [-0.39, 0.29) is 22.8 Å². The lowest BCUT2D eigenvalue weighted by molar-refractivity contribution is 0.0944. The first-order chi connectivity index (χ1) is 15.7. The Labute approximate surface area is 202 Å². The van der Waals surface area contributed by atoms with Crippen LogP contribution in [-0.2, 0) is 11.0 Å². The van der Waals surface area contributed by atoms with E-state index >= 15 is 0 Å². The molecular weight excluding hydrogens is 430 g/mol. The Bertz CT molecular complexity index is 1140. The Morgan fingerprint density at radius 3 is 2.45 bits per heavy atom. The van der Waals surface area contributed by atoms with Crippen molar-refractivity contribution in [2.24, 2.45) is 0 Å². The molecule has 3 aromatic rings. The van der Waals surface area contributed by atoms with Crippen LogP contribution in [0.2, 0.25) is 5.02 Å². The molecule has 5 heteroatoms. The number of carbonyl (C=O) groups excluding carboxylic acids is 1. The van der Waals surface area contributed by atoms with E-state index in [0.29, 0.717) is 17.0 Å². The molecule has 0 spiro atoms. The molecule has 0 saturated carbocycles. The summed E-state index contributed by atoms with van der Waals surface area (Å²) >= 11 is 6.13. The van der Waals surface area contributed by atoms with Gasteiger partial charge in [-0.3, -0.25) is 4.79 Å². The van der Waals surface area contributed by atoms with Crippen molar-refractivity contribution in [2.45, 2.75) is 77.3 Å². The Morgan fingerprint density at radius 2 is 1.82 bits per heavy atom. The average molecular weight is 464 g/mol. The molecule has 4 nitrogen and oxygen atoms in total. The van der Waals surface area contributed by atoms with E-state index in [9.17, 15) is 4.79 Å². The second-order valence-electron chi connectivity index (χ2n) is 9.98. The van der Waals surface area contributed by atoms with Gasteiger partial charge in [0, 0.05) is 16.9 Å². The monoisotopic (exact) mass is 463 g/mol.